The normalized spacial score (nSPS) is 15.3. The van der Waals surface area contributed by atoms with E-state index in [4.69, 9.17) is 4.74 Å². The number of benzene rings is 1. The monoisotopic (exact) mass is 383 g/mol. The molecular formula is C20H25N5O3. The highest BCUT2D eigenvalue weighted by Gasteiger charge is 2.25. The number of fused-ring (bicyclic) bond motifs is 2. The van der Waals surface area contributed by atoms with Gasteiger partial charge in [-0.2, -0.15) is 5.10 Å². The molecule has 2 aliphatic heterocycles. The lowest BCUT2D eigenvalue weighted by atomic mass is 9.98. The molecule has 28 heavy (non-hydrogen) atoms. The third-order valence-corrected chi connectivity index (χ3v) is 5.46. The lowest BCUT2D eigenvalue weighted by Gasteiger charge is -2.26. The second-order valence-electron chi connectivity index (χ2n) is 7.37. The van der Waals surface area contributed by atoms with Gasteiger partial charge in [-0.15, -0.1) is 0 Å². The van der Waals surface area contributed by atoms with Crippen molar-refractivity contribution >= 4 is 23.2 Å². The number of nitrogens with zero attached hydrogens (tertiary/aromatic N) is 2. The number of rotatable bonds is 4. The van der Waals surface area contributed by atoms with Crippen LogP contribution in [0, 0.1) is 20.8 Å². The molecule has 0 saturated heterocycles. The van der Waals surface area contributed by atoms with Crippen LogP contribution in [0.25, 0.3) is 0 Å². The van der Waals surface area contributed by atoms with E-state index in [1.165, 1.54) is 0 Å². The predicted molar refractivity (Wildman–Crippen MR) is 106 cm³/mol. The SMILES string of the molecule is Cc1c(C)c2c(c(C)c1NC(=O)CCc1cc3n(n1)CCNC3)NC(=O)CO2. The van der Waals surface area contributed by atoms with Crippen LogP contribution in [0.15, 0.2) is 6.07 Å². The van der Waals surface area contributed by atoms with Gasteiger partial charge in [0.05, 0.1) is 23.6 Å². The van der Waals surface area contributed by atoms with Crippen molar-refractivity contribution in [1.82, 2.24) is 15.1 Å². The highest BCUT2D eigenvalue weighted by Crippen LogP contribution is 2.41. The number of carbonyl (C=O) groups is 2. The van der Waals surface area contributed by atoms with E-state index >= 15 is 0 Å². The zero-order chi connectivity index (χ0) is 19.8. The summed E-state index contributed by atoms with van der Waals surface area (Å²) >= 11 is 0. The van der Waals surface area contributed by atoms with E-state index in [9.17, 15) is 9.59 Å². The smallest absolute Gasteiger partial charge is 0.262 e. The van der Waals surface area contributed by atoms with Crippen molar-refractivity contribution in [1.29, 1.82) is 0 Å². The van der Waals surface area contributed by atoms with Crippen LogP contribution in [-0.2, 0) is 29.1 Å². The van der Waals surface area contributed by atoms with Gasteiger partial charge < -0.3 is 20.7 Å². The van der Waals surface area contributed by atoms with Crippen LogP contribution in [-0.4, -0.2) is 34.7 Å². The quantitative estimate of drug-likeness (QED) is 0.748. The zero-order valence-electron chi connectivity index (χ0n) is 16.4. The second-order valence-corrected chi connectivity index (χ2v) is 7.37. The van der Waals surface area contributed by atoms with Crippen LogP contribution in [0.3, 0.4) is 0 Å². The Morgan fingerprint density at radius 3 is 2.89 bits per heavy atom. The Hall–Kier alpha value is -2.87. The highest BCUT2D eigenvalue weighted by molar-refractivity contribution is 6.00. The molecule has 8 heteroatoms. The van der Waals surface area contributed by atoms with Crippen molar-refractivity contribution in [2.24, 2.45) is 0 Å². The molecule has 1 aromatic heterocycles. The number of hydrogen-bond acceptors (Lipinski definition) is 5. The Morgan fingerprint density at radius 2 is 2.11 bits per heavy atom. The Morgan fingerprint density at radius 1 is 1.29 bits per heavy atom. The van der Waals surface area contributed by atoms with Gasteiger partial charge in [0.25, 0.3) is 5.91 Å². The first-order valence-electron chi connectivity index (χ1n) is 9.56. The molecule has 1 aromatic carbocycles. The van der Waals surface area contributed by atoms with Crippen LogP contribution < -0.4 is 20.7 Å². The third kappa shape index (κ3) is 3.35. The minimum atomic E-state index is -0.186. The molecule has 3 N–H and O–H groups in total. The summed E-state index contributed by atoms with van der Waals surface area (Å²) in [6, 6.07) is 2.06. The van der Waals surface area contributed by atoms with Gasteiger partial charge in [0.1, 0.15) is 5.75 Å². The minimum absolute atomic E-state index is 0.0164. The summed E-state index contributed by atoms with van der Waals surface area (Å²) in [6.45, 7) is 8.39. The van der Waals surface area contributed by atoms with Crippen molar-refractivity contribution < 1.29 is 14.3 Å². The molecule has 148 valence electrons. The summed E-state index contributed by atoms with van der Waals surface area (Å²) in [7, 11) is 0. The number of anilines is 2. The van der Waals surface area contributed by atoms with E-state index < -0.39 is 0 Å². The second kappa shape index (κ2) is 7.27. The largest absolute Gasteiger partial charge is 0.481 e. The van der Waals surface area contributed by atoms with Crippen LogP contribution in [0.4, 0.5) is 11.4 Å². The van der Waals surface area contributed by atoms with E-state index in [1.54, 1.807) is 0 Å². The Labute approximate surface area is 163 Å². The number of amides is 2. The van der Waals surface area contributed by atoms with Gasteiger partial charge in [-0.25, -0.2) is 0 Å². The maximum absolute atomic E-state index is 12.6. The molecule has 0 bridgehead atoms. The van der Waals surface area contributed by atoms with E-state index in [0.29, 0.717) is 24.3 Å². The summed E-state index contributed by atoms with van der Waals surface area (Å²) in [4.78, 5) is 24.3. The summed E-state index contributed by atoms with van der Waals surface area (Å²) in [6.07, 6.45) is 0.940. The van der Waals surface area contributed by atoms with Crippen molar-refractivity contribution in [3.8, 4) is 5.75 Å². The average molecular weight is 383 g/mol. The number of nitrogens with one attached hydrogen (secondary N) is 3. The van der Waals surface area contributed by atoms with Crippen molar-refractivity contribution in [2.75, 3.05) is 23.8 Å². The first kappa shape index (κ1) is 18.5. The molecule has 0 fully saturated rings. The maximum atomic E-state index is 12.6. The lowest BCUT2D eigenvalue weighted by Crippen LogP contribution is -2.28. The summed E-state index contributed by atoms with van der Waals surface area (Å²) in [5.74, 6) is 0.428. The molecule has 0 spiro atoms. The fourth-order valence-corrected chi connectivity index (χ4v) is 3.77. The topological polar surface area (TPSA) is 97.3 Å². The predicted octanol–water partition coefficient (Wildman–Crippen LogP) is 1.81. The molecule has 8 nitrogen and oxygen atoms in total. The summed E-state index contributed by atoms with van der Waals surface area (Å²) < 4.78 is 7.60. The average Bonchev–Trinajstić information content (AvgIpc) is 3.11. The lowest BCUT2D eigenvalue weighted by molar-refractivity contribution is -0.118. The van der Waals surface area contributed by atoms with Crippen molar-refractivity contribution in [3.63, 3.8) is 0 Å². The molecular weight excluding hydrogens is 358 g/mol. The number of aryl methyl sites for hydroxylation is 1. The van der Waals surface area contributed by atoms with Crippen molar-refractivity contribution in [3.05, 3.63) is 34.1 Å². The Bertz CT molecular complexity index is 940. The molecule has 2 aromatic rings. The summed E-state index contributed by atoms with van der Waals surface area (Å²) in [5, 5.41) is 13.8. The maximum Gasteiger partial charge on any atom is 0.262 e. The molecule has 4 rings (SSSR count). The number of carbonyl (C=O) groups excluding carboxylic acids is 2. The molecule has 0 saturated carbocycles. The van der Waals surface area contributed by atoms with E-state index in [1.807, 2.05) is 25.5 Å². The standard InChI is InChI=1S/C20H25N5O3/c1-11-12(2)20-19(23-17(27)10-28-20)13(3)18(11)22-16(26)5-4-14-8-15-9-21-6-7-25(15)24-14/h8,21H,4-7,9-10H2,1-3H3,(H,22,26)(H,23,27). The van der Waals surface area contributed by atoms with Gasteiger partial charge in [0.2, 0.25) is 5.91 Å². The van der Waals surface area contributed by atoms with Crippen LogP contribution >= 0.6 is 0 Å². The first-order chi connectivity index (χ1) is 13.4. The zero-order valence-corrected chi connectivity index (χ0v) is 16.4. The molecule has 2 aliphatic rings. The molecule has 0 unspecified atom stereocenters. The Balaban J connectivity index is 1.48. The number of aromatic nitrogens is 2. The van der Waals surface area contributed by atoms with Gasteiger partial charge in [-0.1, -0.05) is 0 Å². The first-order valence-corrected chi connectivity index (χ1v) is 9.56. The molecule has 0 radical (unpaired) electrons. The van der Waals surface area contributed by atoms with Gasteiger partial charge in [0, 0.05) is 37.2 Å². The van der Waals surface area contributed by atoms with Gasteiger partial charge in [0.15, 0.2) is 6.61 Å². The van der Waals surface area contributed by atoms with Crippen LogP contribution in [0.1, 0.15) is 34.5 Å². The molecule has 0 aliphatic carbocycles. The van der Waals surface area contributed by atoms with Gasteiger partial charge >= 0.3 is 0 Å². The molecule has 2 amide bonds. The van der Waals surface area contributed by atoms with E-state index in [0.717, 1.165) is 53.4 Å². The van der Waals surface area contributed by atoms with E-state index in [-0.39, 0.29) is 18.4 Å². The van der Waals surface area contributed by atoms with Crippen LogP contribution in [0.2, 0.25) is 0 Å². The van der Waals surface area contributed by atoms with Gasteiger partial charge in [-0.3, -0.25) is 14.3 Å². The van der Waals surface area contributed by atoms with Gasteiger partial charge in [-0.05, 0) is 38.0 Å². The van der Waals surface area contributed by atoms with E-state index in [2.05, 4.69) is 27.1 Å². The summed E-state index contributed by atoms with van der Waals surface area (Å²) in [5.41, 5.74) is 6.15. The third-order valence-electron chi connectivity index (χ3n) is 5.46. The van der Waals surface area contributed by atoms with Crippen LogP contribution in [0.5, 0.6) is 5.75 Å². The number of hydrogen-bond donors (Lipinski definition) is 3. The fraction of sp³-hybridized carbons (Fsp3) is 0.450. The highest BCUT2D eigenvalue weighted by atomic mass is 16.5. The Kier molecular flexibility index (Phi) is 4.80. The fourth-order valence-electron chi connectivity index (χ4n) is 3.77. The van der Waals surface area contributed by atoms with Crippen molar-refractivity contribution in [2.45, 2.75) is 46.7 Å². The molecule has 3 heterocycles. The molecule has 0 atom stereocenters. The minimum Gasteiger partial charge on any atom is -0.481 e. The number of ether oxygens (including phenoxy) is 1.